The van der Waals surface area contributed by atoms with Gasteiger partial charge in [0.05, 0.1) is 5.75 Å². The highest BCUT2D eigenvalue weighted by molar-refractivity contribution is 7.91. The molecule has 0 heterocycles. The normalized spacial score (nSPS) is 12.3. The van der Waals surface area contributed by atoms with Gasteiger partial charge in [0.2, 0.25) is 0 Å². The Bertz CT molecular complexity index is 236. The Hall–Kier alpha value is 0.200. The largest absolute Gasteiger partial charge is 0.302 e. The highest BCUT2D eigenvalue weighted by Gasteiger charge is 2.08. The van der Waals surface area contributed by atoms with Crippen LogP contribution in [0.4, 0.5) is 0 Å². The molecule has 3 nitrogen and oxygen atoms in total. The molecular formula is C10H22ClNO2S. The monoisotopic (exact) mass is 255 g/mol. The Morgan fingerprint density at radius 2 is 1.80 bits per heavy atom. The van der Waals surface area contributed by atoms with Crippen LogP contribution in [0.15, 0.2) is 0 Å². The van der Waals surface area contributed by atoms with E-state index in [1.54, 1.807) is 6.92 Å². The van der Waals surface area contributed by atoms with E-state index in [0.717, 1.165) is 26.1 Å². The van der Waals surface area contributed by atoms with Crippen molar-refractivity contribution in [2.45, 2.75) is 26.7 Å². The molecule has 0 fully saturated rings. The van der Waals surface area contributed by atoms with Gasteiger partial charge >= 0.3 is 0 Å². The SMILES string of the molecule is CCCN(CCCl)CCCS(=O)(=O)CC. The molecule has 0 rings (SSSR count). The van der Waals surface area contributed by atoms with Crippen LogP contribution in [0.5, 0.6) is 0 Å². The number of hydrogen-bond acceptors (Lipinski definition) is 3. The number of sulfone groups is 1. The van der Waals surface area contributed by atoms with Gasteiger partial charge in [-0.2, -0.15) is 0 Å². The summed E-state index contributed by atoms with van der Waals surface area (Å²) in [6.07, 6.45) is 1.80. The van der Waals surface area contributed by atoms with Crippen LogP contribution in [0.3, 0.4) is 0 Å². The molecule has 15 heavy (non-hydrogen) atoms. The third kappa shape index (κ3) is 8.05. The van der Waals surface area contributed by atoms with Crippen LogP contribution in [0.2, 0.25) is 0 Å². The van der Waals surface area contributed by atoms with E-state index in [0.29, 0.717) is 18.1 Å². The van der Waals surface area contributed by atoms with Gasteiger partial charge in [0.25, 0.3) is 0 Å². The number of halogens is 1. The van der Waals surface area contributed by atoms with E-state index in [1.165, 1.54) is 0 Å². The maximum absolute atomic E-state index is 11.3. The number of rotatable bonds is 9. The van der Waals surface area contributed by atoms with Crippen molar-refractivity contribution in [1.82, 2.24) is 4.90 Å². The van der Waals surface area contributed by atoms with Gasteiger partial charge in [0.1, 0.15) is 9.84 Å². The van der Waals surface area contributed by atoms with Gasteiger partial charge in [-0.05, 0) is 25.9 Å². The average Bonchev–Trinajstić information content (AvgIpc) is 2.18. The van der Waals surface area contributed by atoms with Gasteiger partial charge in [-0.1, -0.05) is 13.8 Å². The summed E-state index contributed by atoms with van der Waals surface area (Å²) >= 11 is 5.67. The van der Waals surface area contributed by atoms with E-state index < -0.39 is 9.84 Å². The average molecular weight is 256 g/mol. The molecule has 0 saturated heterocycles. The van der Waals surface area contributed by atoms with Crippen molar-refractivity contribution in [3.05, 3.63) is 0 Å². The zero-order valence-corrected chi connectivity index (χ0v) is 11.3. The summed E-state index contributed by atoms with van der Waals surface area (Å²) in [6.45, 7) is 6.49. The first-order valence-electron chi connectivity index (χ1n) is 5.54. The highest BCUT2D eigenvalue weighted by atomic mass is 35.5. The van der Waals surface area contributed by atoms with Crippen LogP contribution in [0, 0.1) is 0 Å². The zero-order chi connectivity index (χ0) is 11.7. The summed E-state index contributed by atoms with van der Waals surface area (Å²) < 4.78 is 22.5. The maximum atomic E-state index is 11.3. The lowest BCUT2D eigenvalue weighted by Crippen LogP contribution is -2.29. The molecule has 0 aliphatic heterocycles. The summed E-state index contributed by atoms with van der Waals surface area (Å²) in [5.74, 6) is 1.16. The molecular weight excluding hydrogens is 234 g/mol. The van der Waals surface area contributed by atoms with Gasteiger partial charge < -0.3 is 4.90 Å². The molecule has 0 unspecified atom stereocenters. The van der Waals surface area contributed by atoms with Crippen molar-refractivity contribution >= 4 is 21.4 Å². The molecule has 5 heteroatoms. The van der Waals surface area contributed by atoms with E-state index >= 15 is 0 Å². The predicted octanol–water partition coefficient (Wildman–Crippen LogP) is 1.76. The molecule has 92 valence electrons. The van der Waals surface area contributed by atoms with E-state index in [4.69, 9.17) is 11.6 Å². The molecule has 0 aromatic heterocycles. The van der Waals surface area contributed by atoms with E-state index in [9.17, 15) is 8.42 Å². The second-order valence-electron chi connectivity index (χ2n) is 3.62. The Morgan fingerprint density at radius 1 is 1.13 bits per heavy atom. The van der Waals surface area contributed by atoms with Crippen LogP contribution < -0.4 is 0 Å². The molecule has 0 aliphatic rings. The number of nitrogens with zero attached hydrogens (tertiary/aromatic N) is 1. The fraction of sp³-hybridized carbons (Fsp3) is 1.00. The van der Waals surface area contributed by atoms with Crippen molar-refractivity contribution in [3.63, 3.8) is 0 Å². The van der Waals surface area contributed by atoms with Crippen molar-refractivity contribution < 1.29 is 8.42 Å². The third-order valence-corrected chi connectivity index (χ3v) is 4.27. The van der Waals surface area contributed by atoms with Crippen LogP contribution in [-0.2, 0) is 9.84 Å². The van der Waals surface area contributed by atoms with Crippen molar-refractivity contribution in [3.8, 4) is 0 Å². The van der Waals surface area contributed by atoms with Crippen LogP contribution in [-0.4, -0.2) is 50.3 Å². The molecule has 0 atom stereocenters. The lowest BCUT2D eigenvalue weighted by atomic mass is 10.3. The first kappa shape index (κ1) is 15.2. The summed E-state index contributed by atoms with van der Waals surface area (Å²) in [5.41, 5.74) is 0. The van der Waals surface area contributed by atoms with Gasteiger partial charge in [-0.25, -0.2) is 8.42 Å². The molecule has 0 saturated carbocycles. The summed E-state index contributed by atoms with van der Waals surface area (Å²) in [6, 6.07) is 0. The van der Waals surface area contributed by atoms with Gasteiger partial charge in [-0.15, -0.1) is 11.6 Å². The quantitative estimate of drug-likeness (QED) is 0.590. The summed E-state index contributed by atoms with van der Waals surface area (Å²) in [5, 5.41) is 0. The smallest absolute Gasteiger partial charge is 0.150 e. The fourth-order valence-electron chi connectivity index (χ4n) is 1.42. The fourth-order valence-corrected chi connectivity index (χ4v) is 2.52. The molecule has 0 spiro atoms. The van der Waals surface area contributed by atoms with Gasteiger partial charge in [0, 0.05) is 18.2 Å². The van der Waals surface area contributed by atoms with Crippen molar-refractivity contribution in [1.29, 1.82) is 0 Å². The topological polar surface area (TPSA) is 37.4 Å². The predicted molar refractivity (Wildman–Crippen MR) is 66.4 cm³/mol. The maximum Gasteiger partial charge on any atom is 0.150 e. The molecule has 0 N–H and O–H groups in total. The molecule has 0 amide bonds. The standard InChI is InChI=1S/C10H22ClNO2S/c1-3-7-12(9-6-11)8-5-10-15(13,14)4-2/h3-10H2,1-2H3. The number of hydrogen-bond donors (Lipinski definition) is 0. The van der Waals surface area contributed by atoms with Gasteiger partial charge in [-0.3, -0.25) is 0 Å². The Balaban J connectivity index is 3.79. The van der Waals surface area contributed by atoms with Gasteiger partial charge in [0.15, 0.2) is 0 Å². The molecule has 0 radical (unpaired) electrons. The third-order valence-electron chi connectivity index (χ3n) is 2.31. The number of alkyl halides is 1. The van der Waals surface area contributed by atoms with Crippen LogP contribution in [0.1, 0.15) is 26.7 Å². The Labute approximate surface area is 98.7 Å². The lowest BCUT2D eigenvalue weighted by Gasteiger charge is -2.19. The van der Waals surface area contributed by atoms with Crippen molar-refractivity contribution in [2.24, 2.45) is 0 Å². The second kappa shape index (κ2) is 8.36. The minimum atomic E-state index is -2.80. The Morgan fingerprint density at radius 3 is 2.27 bits per heavy atom. The molecule has 0 aliphatic carbocycles. The first-order valence-corrected chi connectivity index (χ1v) is 7.90. The van der Waals surface area contributed by atoms with E-state index in [-0.39, 0.29) is 5.75 Å². The molecule has 0 aromatic rings. The molecule has 0 aromatic carbocycles. The molecule has 0 bridgehead atoms. The summed E-state index contributed by atoms with van der Waals surface area (Å²) in [4.78, 5) is 2.22. The minimum absolute atomic E-state index is 0.246. The van der Waals surface area contributed by atoms with E-state index in [2.05, 4.69) is 11.8 Å². The van der Waals surface area contributed by atoms with E-state index in [1.807, 2.05) is 0 Å². The second-order valence-corrected chi connectivity index (χ2v) is 6.47. The summed E-state index contributed by atoms with van der Waals surface area (Å²) in [7, 11) is -2.80. The Kier molecular flexibility index (Phi) is 8.47. The highest BCUT2D eigenvalue weighted by Crippen LogP contribution is 1.99. The van der Waals surface area contributed by atoms with Crippen LogP contribution in [0.25, 0.3) is 0 Å². The minimum Gasteiger partial charge on any atom is -0.302 e. The van der Waals surface area contributed by atoms with Crippen molar-refractivity contribution in [2.75, 3.05) is 37.0 Å². The lowest BCUT2D eigenvalue weighted by molar-refractivity contribution is 0.291. The van der Waals surface area contributed by atoms with Crippen LogP contribution >= 0.6 is 11.6 Å². The zero-order valence-electron chi connectivity index (χ0n) is 9.71. The first-order chi connectivity index (χ1) is 7.05.